The van der Waals surface area contributed by atoms with Crippen LogP contribution in [0.2, 0.25) is 0 Å². The molecule has 2 N–H and O–H groups in total. The van der Waals surface area contributed by atoms with Crippen LogP contribution in [0.5, 0.6) is 0 Å². The Morgan fingerprint density at radius 2 is 2.20 bits per heavy atom. The van der Waals surface area contributed by atoms with Crippen molar-refractivity contribution in [1.29, 1.82) is 0 Å². The summed E-state index contributed by atoms with van der Waals surface area (Å²) in [6, 6.07) is -0.949. The fraction of sp³-hybridized carbons (Fsp3) is 0.917. The molecule has 3 unspecified atom stereocenters. The molecule has 1 rings (SSSR count). The van der Waals surface area contributed by atoms with Crippen LogP contribution in [0.1, 0.15) is 27.2 Å². The number of carbonyl (C=O) groups excluding carboxylic acids is 1. The first-order chi connectivity index (χ1) is 9.30. The number of amides is 1. The molecule has 0 aromatic rings. The number of hydrogen-bond acceptors (Lipinski definition) is 5. The van der Waals surface area contributed by atoms with Crippen LogP contribution in [-0.2, 0) is 19.6 Å². The summed E-state index contributed by atoms with van der Waals surface area (Å²) >= 11 is 0. The van der Waals surface area contributed by atoms with Gasteiger partial charge >= 0.3 is 0 Å². The Morgan fingerprint density at radius 1 is 1.55 bits per heavy atom. The van der Waals surface area contributed by atoms with Crippen LogP contribution in [0.4, 0.5) is 0 Å². The topological polar surface area (TPSA) is 95.9 Å². The molecule has 0 radical (unpaired) electrons. The highest BCUT2D eigenvalue weighted by Crippen LogP contribution is 2.13. The Labute approximate surface area is 120 Å². The van der Waals surface area contributed by atoms with Crippen molar-refractivity contribution in [2.75, 3.05) is 25.5 Å². The van der Waals surface area contributed by atoms with Gasteiger partial charge in [-0.25, -0.2) is 13.1 Å². The number of aliphatic hydroxyl groups is 1. The van der Waals surface area contributed by atoms with Crippen molar-refractivity contribution in [3.63, 3.8) is 0 Å². The number of nitrogens with one attached hydrogen (secondary N) is 1. The molecule has 1 amide bonds. The number of sulfonamides is 1. The molecule has 0 aromatic carbocycles. The van der Waals surface area contributed by atoms with E-state index in [1.54, 1.807) is 11.8 Å². The van der Waals surface area contributed by atoms with Crippen molar-refractivity contribution in [2.45, 2.75) is 45.4 Å². The average molecular weight is 308 g/mol. The normalized spacial score (nSPS) is 25.5. The molecule has 20 heavy (non-hydrogen) atoms. The summed E-state index contributed by atoms with van der Waals surface area (Å²) in [7, 11) is -3.43. The Hall–Kier alpha value is -0.700. The van der Waals surface area contributed by atoms with Crippen molar-refractivity contribution in [3.05, 3.63) is 0 Å². The first-order valence-electron chi connectivity index (χ1n) is 6.83. The molecule has 1 heterocycles. The number of nitrogens with zero attached hydrogens (tertiary/aromatic N) is 1. The van der Waals surface area contributed by atoms with Gasteiger partial charge in [0.1, 0.15) is 0 Å². The van der Waals surface area contributed by atoms with Gasteiger partial charge in [-0.05, 0) is 20.3 Å². The maximum atomic E-state index is 12.3. The summed E-state index contributed by atoms with van der Waals surface area (Å²) in [5.41, 5.74) is 0. The molecular weight excluding hydrogens is 284 g/mol. The molecule has 0 aromatic heterocycles. The van der Waals surface area contributed by atoms with Crippen LogP contribution in [0.15, 0.2) is 0 Å². The van der Waals surface area contributed by atoms with Crippen LogP contribution in [0.3, 0.4) is 0 Å². The zero-order valence-corrected chi connectivity index (χ0v) is 13.0. The van der Waals surface area contributed by atoms with E-state index >= 15 is 0 Å². The third-order valence-electron chi connectivity index (χ3n) is 3.19. The number of morpholine rings is 1. The van der Waals surface area contributed by atoms with Gasteiger partial charge in [-0.2, -0.15) is 0 Å². The average Bonchev–Trinajstić information content (AvgIpc) is 2.37. The van der Waals surface area contributed by atoms with E-state index in [-0.39, 0.29) is 30.9 Å². The van der Waals surface area contributed by atoms with E-state index < -0.39 is 22.2 Å². The monoisotopic (exact) mass is 308 g/mol. The van der Waals surface area contributed by atoms with E-state index in [0.29, 0.717) is 13.0 Å². The highest BCUT2D eigenvalue weighted by molar-refractivity contribution is 7.89. The fourth-order valence-corrected chi connectivity index (χ4v) is 3.43. The Bertz CT molecular complexity index is 426. The SMILES string of the molecule is CCCS(=O)(=O)NC(C)C(=O)N1CC(CO)OCC1C. The summed E-state index contributed by atoms with van der Waals surface area (Å²) in [4.78, 5) is 13.9. The van der Waals surface area contributed by atoms with E-state index in [2.05, 4.69) is 4.72 Å². The lowest BCUT2D eigenvalue weighted by molar-refractivity contribution is -0.147. The maximum absolute atomic E-state index is 12.3. The molecule has 118 valence electrons. The van der Waals surface area contributed by atoms with Gasteiger partial charge in [-0.1, -0.05) is 6.92 Å². The zero-order valence-electron chi connectivity index (χ0n) is 12.2. The standard InChI is InChI=1S/C12H24N2O5S/c1-4-5-20(17,18)13-10(3)12(16)14-6-11(7-15)19-8-9(14)2/h9-11,13,15H,4-8H2,1-3H3. The summed E-state index contributed by atoms with van der Waals surface area (Å²) < 4.78 is 31.1. The summed E-state index contributed by atoms with van der Waals surface area (Å²) in [6.45, 7) is 5.58. The van der Waals surface area contributed by atoms with E-state index in [0.717, 1.165) is 0 Å². The molecule has 1 aliphatic rings. The molecule has 1 aliphatic heterocycles. The fourth-order valence-electron chi connectivity index (χ4n) is 2.13. The number of hydrogen-bond donors (Lipinski definition) is 2. The van der Waals surface area contributed by atoms with Gasteiger partial charge in [-0.3, -0.25) is 4.79 Å². The number of carbonyl (C=O) groups is 1. The second-order valence-electron chi connectivity index (χ2n) is 5.14. The van der Waals surface area contributed by atoms with Crippen LogP contribution in [-0.4, -0.2) is 68.0 Å². The Morgan fingerprint density at radius 3 is 2.75 bits per heavy atom. The quantitative estimate of drug-likeness (QED) is 0.677. The van der Waals surface area contributed by atoms with E-state index in [9.17, 15) is 13.2 Å². The highest BCUT2D eigenvalue weighted by atomic mass is 32.2. The lowest BCUT2D eigenvalue weighted by atomic mass is 10.1. The van der Waals surface area contributed by atoms with Gasteiger partial charge in [0, 0.05) is 6.54 Å². The van der Waals surface area contributed by atoms with Crippen molar-refractivity contribution in [1.82, 2.24) is 9.62 Å². The van der Waals surface area contributed by atoms with Crippen molar-refractivity contribution in [3.8, 4) is 0 Å². The first kappa shape index (κ1) is 17.4. The van der Waals surface area contributed by atoms with E-state index in [1.807, 2.05) is 6.92 Å². The molecule has 7 nitrogen and oxygen atoms in total. The van der Waals surface area contributed by atoms with Gasteiger partial charge in [0.2, 0.25) is 15.9 Å². The number of ether oxygens (including phenoxy) is 1. The smallest absolute Gasteiger partial charge is 0.240 e. The predicted octanol–water partition coefficient (Wildman–Crippen LogP) is -0.687. The van der Waals surface area contributed by atoms with Crippen LogP contribution >= 0.6 is 0 Å². The predicted molar refractivity (Wildman–Crippen MR) is 74.7 cm³/mol. The molecule has 1 fully saturated rings. The lowest BCUT2D eigenvalue weighted by Gasteiger charge is -2.38. The van der Waals surface area contributed by atoms with Gasteiger partial charge in [0.05, 0.1) is 37.2 Å². The van der Waals surface area contributed by atoms with Crippen molar-refractivity contribution in [2.24, 2.45) is 0 Å². The number of rotatable bonds is 6. The van der Waals surface area contributed by atoms with Gasteiger partial charge in [0.25, 0.3) is 0 Å². The largest absolute Gasteiger partial charge is 0.394 e. The van der Waals surface area contributed by atoms with Crippen molar-refractivity contribution < 1.29 is 23.1 Å². The highest BCUT2D eigenvalue weighted by Gasteiger charge is 2.32. The summed E-state index contributed by atoms with van der Waals surface area (Å²) in [6.07, 6.45) is 0.0890. The van der Waals surface area contributed by atoms with Crippen molar-refractivity contribution >= 4 is 15.9 Å². The van der Waals surface area contributed by atoms with Gasteiger partial charge < -0.3 is 14.7 Å². The van der Waals surface area contributed by atoms with E-state index in [4.69, 9.17) is 9.84 Å². The molecule has 1 saturated heterocycles. The van der Waals surface area contributed by atoms with Crippen LogP contribution < -0.4 is 4.72 Å². The molecule has 8 heteroatoms. The lowest BCUT2D eigenvalue weighted by Crippen LogP contribution is -2.57. The second-order valence-corrected chi connectivity index (χ2v) is 7.01. The van der Waals surface area contributed by atoms with Crippen LogP contribution in [0.25, 0.3) is 0 Å². The van der Waals surface area contributed by atoms with Gasteiger partial charge in [0.15, 0.2) is 0 Å². The Balaban J connectivity index is 2.67. The Kier molecular flexibility index (Phi) is 6.38. The molecule has 0 aliphatic carbocycles. The molecule has 3 atom stereocenters. The van der Waals surface area contributed by atoms with Gasteiger partial charge in [-0.15, -0.1) is 0 Å². The van der Waals surface area contributed by atoms with Crippen LogP contribution in [0, 0.1) is 0 Å². The third-order valence-corrected chi connectivity index (χ3v) is 4.85. The summed E-state index contributed by atoms with van der Waals surface area (Å²) in [5, 5.41) is 9.10. The molecule has 0 spiro atoms. The minimum absolute atomic E-state index is 0.00253. The third kappa shape index (κ3) is 4.69. The first-order valence-corrected chi connectivity index (χ1v) is 8.49. The second kappa shape index (κ2) is 7.35. The molecule has 0 saturated carbocycles. The number of aliphatic hydroxyl groups excluding tert-OH is 1. The summed E-state index contributed by atoms with van der Waals surface area (Å²) in [5.74, 6) is -0.290. The van der Waals surface area contributed by atoms with E-state index in [1.165, 1.54) is 6.92 Å². The minimum Gasteiger partial charge on any atom is -0.394 e. The maximum Gasteiger partial charge on any atom is 0.240 e. The zero-order chi connectivity index (χ0) is 15.3. The molecule has 0 bridgehead atoms. The molecular formula is C12H24N2O5S. The minimum atomic E-state index is -3.43.